The van der Waals surface area contributed by atoms with Gasteiger partial charge in [0.05, 0.1) is 11.7 Å². The summed E-state index contributed by atoms with van der Waals surface area (Å²) in [4.78, 5) is 20.9. The van der Waals surface area contributed by atoms with Crippen LogP contribution >= 0.6 is 11.6 Å². The summed E-state index contributed by atoms with van der Waals surface area (Å²) in [6, 6.07) is 13.4. The van der Waals surface area contributed by atoms with Gasteiger partial charge in [0.15, 0.2) is 5.82 Å². The predicted molar refractivity (Wildman–Crippen MR) is 89.0 cm³/mol. The Morgan fingerprint density at radius 3 is 2.91 bits per heavy atom. The highest BCUT2D eigenvalue weighted by Crippen LogP contribution is 2.39. The molecule has 1 saturated heterocycles. The van der Waals surface area contributed by atoms with Gasteiger partial charge in [-0.3, -0.25) is 4.90 Å². The highest BCUT2D eigenvalue weighted by atomic mass is 35.5. The zero-order chi connectivity index (χ0) is 15.8. The Balaban J connectivity index is 1.58. The van der Waals surface area contributed by atoms with Gasteiger partial charge >= 0.3 is 6.09 Å². The average Bonchev–Trinajstić information content (AvgIpc) is 2.98. The smallest absolute Gasteiger partial charge is 0.416 e. The van der Waals surface area contributed by atoms with Crippen molar-refractivity contribution < 1.29 is 9.53 Å². The lowest BCUT2D eigenvalue weighted by Crippen LogP contribution is -2.46. The number of carbonyl (C=O) groups excluding carboxylic acids is 1. The first-order valence-corrected chi connectivity index (χ1v) is 8.01. The molecule has 3 heterocycles. The summed E-state index contributed by atoms with van der Waals surface area (Å²) in [7, 11) is 0. The van der Waals surface area contributed by atoms with Crippen LogP contribution in [-0.4, -0.2) is 30.2 Å². The second kappa shape index (κ2) is 5.74. The molecule has 118 valence electrons. The van der Waals surface area contributed by atoms with E-state index in [1.807, 2.05) is 36.4 Å². The SMILES string of the molecule is O=C(OCc1ccccc1)N1c2nc(Cl)ccc2N2CC[C@H]1C2. The molecule has 1 fully saturated rings. The van der Waals surface area contributed by atoms with Crippen LogP contribution in [0.5, 0.6) is 0 Å². The molecule has 0 unspecified atom stereocenters. The van der Waals surface area contributed by atoms with Gasteiger partial charge in [0.25, 0.3) is 0 Å². The van der Waals surface area contributed by atoms with E-state index in [4.69, 9.17) is 16.3 Å². The number of fused-ring (bicyclic) bond motifs is 4. The number of amides is 1. The Kier molecular flexibility index (Phi) is 3.58. The number of hydrogen-bond donors (Lipinski definition) is 0. The molecule has 1 aromatic heterocycles. The summed E-state index contributed by atoms with van der Waals surface area (Å²) in [5.74, 6) is 0.601. The quantitative estimate of drug-likeness (QED) is 0.791. The molecule has 5 nitrogen and oxygen atoms in total. The van der Waals surface area contributed by atoms with Crippen molar-refractivity contribution in [1.29, 1.82) is 0 Å². The second-order valence-electron chi connectivity index (χ2n) is 5.78. The van der Waals surface area contributed by atoms with Crippen LogP contribution in [-0.2, 0) is 11.3 Å². The second-order valence-corrected chi connectivity index (χ2v) is 6.16. The van der Waals surface area contributed by atoms with E-state index in [2.05, 4.69) is 9.88 Å². The number of carbonyl (C=O) groups is 1. The lowest BCUT2D eigenvalue weighted by atomic mass is 10.2. The van der Waals surface area contributed by atoms with Crippen molar-refractivity contribution in [3.8, 4) is 0 Å². The Hall–Kier alpha value is -2.27. The Morgan fingerprint density at radius 2 is 2.09 bits per heavy atom. The molecule has 2 bridgehead atoms. The Labute approximate surface area is 139 Å². The molecular weight excluding hydrogens is 314 g/mol. The van der Waals surface area contributed by atoms with Gasteiger partial charge in [-0.2, -0.15) is 0 Å². The van der Waals surface area contributed by atoms with E-state index in [1.54, 1.807) is 11.0 Å². The molecule has 2 aliphatic rings. The number of benzene rings is 1. The third-order valence-electron chi connectivity index (χ3n) is 4.32. The number of pyridine rings is 1. The van der Waals surface area contributed by atoms with Crippen molar-refractivity contribution in [2.75, 3.05) is 22.9 Å². The number of hydrogen-bond acceptors (Lipinski definition) is 4. The lowest BCUT2D eigenvalue weighted by molar-refractivity contribution is 0.144. The third-order valence-corrected chi connectivity index (χ3v) is 4.53. The molecule has 0 radical (unpaired) electrons. The van der Waals surface area contributed by atoms with E-state index in [0.29, 0.717) is 11.0 Å². The molecule has 0 spiro atoms. The van der Waals surface area contributed by atoms with Gasteiger partial charge in [-0.15, -0.1) is 0 Å². The molecule has 23 heavy (non-hydrogen) atoms. The number of ether oxygens (including phenoxy) is 1. The van der Waals surface area contributed by atoms with Crippen molar-refractivity contribution in [2.24, 2.45) is 0 Å². The first-order valence-electron chi connectivity index (χ1n) is 7.64. The van der Waals surface area contributed by atoms with E-state index < -0.39 is 0 Å². The maximum absolute atomic E-state index is 12.6. The minimum absolute atomic E-state index is 0.0942. The summed E-state index contributed by atoms with van der Waals surface area (Å²) in [6.07, 6.45) is 0.547. The van der Waals surface area contributed by atoms with Crippen LogP contribution in [0.3, 0.4) is 0 Å². The van der Waals surface area contributed by atoms with Gasteiger partial charge in [0, 0.05) is 13.1 Å². The number of nitrogens with zero attached hydrogens (tertiary/aromatic N) is 3. The fourth-order valence-corrected chi connectivity index (χ4v) is 3.35. The monoisotopic (exact) mass is 329 g/mol. The molecule has 0 aliphatic carbocycles. The van der Waals surface area contributed by atoms with Gasteiger partial charge < -0.3 is 9.64 Å². The van der Waals surface area contributed by atoms with E-state index in [-0.39, 0.29) is 18.7 Å². The minimum atomic E-state index is -0.364. The van der Waals surface area contributed by atoms with E-state index >= 15 is 0 Å². The maximum atomic E-state index is 12.6. The summed E-state index contributed by atoms with van der Waals surface area (Å²) in [5.41, 5.74) is 1.91. The first kappa shape index (κ1) is 14.3. The van der Waals surface area contributed by atoms with Crippen molar-refractivity contribution in [1.82, 2.24) is 4.98 Å². The molecular formula is C17H16ClN3O2. The number of halogens is 1. The molecule has 6 heteroatoms. The molecule has 1 atom stereocenters. The normalized spacial score (nSPS) is 18.7. The van der Waals surface area contributed by atoms with Gasteiger partial charge in [0.2, 0.25) is 0 Å². The zero-order valence-corrected chi connectivity index (χ0v) is 13.2. The predicted octanol–water partition coefficient (Wildman–Crippen LogP) is 3.47. The largest absolute Gasteiger partial charge is 0.444 e. The van der Waals surface area contributed by atoms with Gasteiger partial charge in [-0.1, -0.05) is 41.9 Å². The fourth-order valence-electron chi connectivity index (χ4n) is 3.21. The van der Waals surface area contributed by atoms with Crippen molar-refractivity contribution in [3.63, 3.8) is 0 Å². The van der Waals surface area contributed by atoms with Crippen LogP contribution in [0, 0.1) is 0 Å². The highest BCUT2D eigenvalue weighted by Gasteiger charge is 2.40. The van der Waals surface area contributed by atoms with Crippen LogP contribution in [0.2, 0.25) is 5.15 Å². The van der Waals surface area contributed by atoms with Crippen LogP contribution in [0.4, 0.5) is 16.3 Å². The fraction of sp³-hybridized carbons (Fsp3) is 0.294. The standard InChI is InChI=1S/C17H16ClN3O2/c18-15-7-6-14-16(19-15)21(13-8-9-20(14)10-13)17(22)23-11-12-4-2-1-3-5-12/h1-7,13H,8-11H2/t13-/m0/s1. The van der Waals surface area contributed by atoms with E-state index in [9.17, 15) is 4.79 Å². The van der Waals surface area contributed by atoms with Crippen molar-refractivity contribution in [2.45, 2.75) is 19.1 Å². The zero-order valence-electron chi connectivity index (χ0n) is 12.5. The van der Waals surface area contributed by atoms with E-state index in [0.717, 1.165) is 30.8 Å². The summed E-state index contributed by atoms with van der Waals surface area (Å²) < 4.78 is 5.50. The molecule has 0 N–H and O–H groups in total. The molecule has 2 aromatic rings. The summed E-state index contributed by atoms with van der Waals surface area (Å²) >= 11 is 6.03. The maximum Gasteiger partial charge on any atom is 0.416 e. The third kappa shape index (κ3) is 2.61. The number of anilines is 2. The van der Waals surface area contributed by atoms with Crippen LogP contribution < -0.4 is 9.80 Å². The topological polar surface area (TPSA) is 45.7 Å². The van der Waals surface area contributed by atoms with Crippen LogP contribution in [0.15, 0.2) is 42.5 Å². The number of rotatable bonds is 2. The molecule has 1 aromatic carbocycles. The highest BCUT2D eigenvalue weighted by molar-refractivity contribution is 6.29. The number of aromatic nitrogens is 1. The molecule has 1 amide bonds. The van der Waals surface area contributed by atoms with Gasteiger partial charge in [0.1, 0.15) is 11.8 Å². The average molecular weight is 330 g/mol. The van der Waals surface area contributed by atoms with Gasteiger partial charge in [-0.25, -0.2) is 9.78 Å². The molecule has 4 rings (SSSR count). The van der Waals surface area contributed by atoms with Gasteiger partial charge in [-0.05, 0) is 24.1 Å². The van der Waals surface area contributed by atoms with Crippen LogP contribution in [0.25, 0.3) is 0 Å². The summed E-state index contributed by atoms with van der Waals surface area (Å²) in [5, 5.41) is 0.382. The molecule has 2 aliphatic heterocycles. The van der Waals surface area contributed by atoms with E-state index in [1.165, 1.54) is 0 Å². The minimum Gasteiger partial charge on any atom is -0.444 e. The summed E-state index contributed by atoms with van der Waals surface area (Å²) in [6.45, 7) is 1.99. The Morgan fingerprint density at radius 1 is 1.26 bits per heavy atom. The Bertz CT molecular complexity index is 738. The lowest BCUT2D eigenvalue weighted by Gasteiger charge is -2.34. The van der Waals surface area contributed by atoms with Crippen molar-refractivity contribution in [3.05, 3.63) is 53.2 Å². The van der Waals surface area contributed by atoms with Crippen LogP contribution in [0.1, 0.15) is 12.0 Å². The van der Waals surface area contributed by atoms with Crippen molar-refractivity contribution >= 4 is 29.2 Å². The first-order chi connectivity index (χ1) is 11.2. The molecule has 0 saturated carbocycles.